The van der Waals surface area contributed by atoms with Crippen LogP contribution in [0.3, 0.4) is 0 Å². The van der Waals surface area contributed by atoms with Crippen LogP contribution in [0.4, 0.5) is 19.0 Å². The predicted octanol–water partition coefficient (Wildman–Crippen LogP) is 2.71. The number of hydrogen-bond acceptors (Lipinski definition) is 7. The van der Waals surface area contributed by atoms with Gasteiger partial charge < -0.3 is 9.84 Å². The van der Waals surface area contributed by atoms with Gasteiger partial charge in [-0.25, -0.2) is 4.98 Å². The van der Waals surface area contributed by atoms with E-state index in [1.165, 1.54) is 0 Å². The molecule has 0 aliphatic heterocycles. The van der Waals surface area contributed by atoms with Crippen molar-refractivity contribution in [2.45, 2.75) is 39.4 Å². The fourth-order valence-corrected chi connectivity index (χ4v) is 2.19. The van der Waals surface area contributed by atoms with E-state index in [4.69, 9.17) is 4.52 Å². The van der Waals surface area contributed by atoms with Crippen molar-refractivity contribution in [3.63, 3.8) is 0 Å². The van der Waals surface area contributed by atoms with E-state index in [2.05, 4.69) is 30.5 Å². The van der Waals surface area contributed by atoms with Crippen LogP contribution in [0.15, 0.2) is 10.6 Å². The lowest BCUT2D eigenvalue weighted by Crippen LogP contribution is -2.15. The van der Waals surface area contributed by atoms with Crippen LogP contribution in [0.1, 0.15) is 42.6 Å². The fraction of sp³-hybridized carbons (Fsp3) is 0.462. The molecule has 0 saturated heterocycles. The summed E-state index contributed by atoms with van der Waals surface area (Å²) in [6.07, 6.45) is -4.06. The van der Waals surface area contributed by atoms with Gasteiger partial charge in [0.15, 0.2) is 5.82 Å². The zero-order chi connectivity index (χ0) is 17.5. The molecule has 11 heteroatoms. The summed E-state index contributed by atoms with van der Waals surface area (Å²) in [6.45, 7) is 5.20. The van der Waals surface area contributed by atoms with Crippen LogP contribution in [0.25, 0.3) is 5.78 Å². The second-order valence-corrected chi connectivity index (χ2v) is 5.20. The summed E-state index contributed by atoms with van der Waals surface area (Å²) in [5.74, 6) is -0.249. The van der Waals surface area contributed by atoms with E-state index in [1.807, 2.05) is 6.92 Å². The summed E-state index contributed by atoms with van der Waals surface area (Å²) in [6, 6.07) is 1.23. The average Bonchev–Trinajstić information content (AvgIpc) is 3.10. The van der Waals surface area contributed by atoms with Gasteiger partial charge in [0.1, 0.15) is 5.82 Å². The summed E-state index contributed by atoms with van der Waals surface area (Å²) in [7, 11) is 0. The molecule has 0 bridgehead atoms. The van der Waals surface area contributed by atoms with Gasteiger partial charge >= 0.3 is 6.18 Å². The van der Waals surface area contributed by atoms with Gasteiger partial charge in [0.2, 0.25) is 5.89 Å². The molecule has 0 fully saturated rings. The molecule has 128 valence electrons. The number of alkyl halides is 3. The number of aromatic nitrogens is 6. The standard InChI is InChI=1S/C13H14F3N7O/c1-4-8(10-18-7(3)24-22-10)19-9-5-6(2)17-12-20-11(13(14,15)16)21-23(9)12/h5,8,19H,4H2,1-3H3. The predicted molar refractivity (Wildman–Crippen MR) is 76.2 cm³/mol. The Labute approximate surface area is 134 Å². The van der Waals surface area contributed by atoms with Gasteiger partial charge in [-0.3, -0.25) is 0 Å². The van der Waals surface area contributed by atoms with Crippen LogP contribution in [-0.2, 0) is 6.18 Å². The van der Waals surface area contributed by atoms with E-state index in [0.717, 1.165) is 4.52 Å². The highest BCUT2D eigenvalue weighted by Crippen LogP contribution is 2.28. The lowest BCUT2D eigenvalue weighted by Gasteiger charge is -2.15. The van der Waals surface area contributed by atoms with Crippen LogP contribution in [0.5, 0.6) is 0 Å². The Morgan fingerprint density at radius 1 is 1.25 bits per heavy atom. The van der Waals surface area contributed by atoms with Crippen molar-refractivity contribution >= 4 is 11.6 Å². The quantitative estimate of drug-likeness (QED) is 0.779. The first-order valence-electron chi connectivity index (χ1n) is 7.16. The summed E-state index contributed by atoms with van der Waals surface area (Å²) in [5.41, 5.74) is 0.505. The molecule has 0 aliphatic carbocycles. The highest BCUT2D eigenvalue weighted by molar-refractivity contribution is 5.46. The van der Waals surface area contributed by atoms with Crippen molar-refractivity contribution in [3.05, 3.63) is 29.3 Å². The maximum Gasteiger partial charge on any atom is 0.453 e. The van der Waals surface area contributed by atoms with Gasteiger partial charge in [0, 0.05) is 18.7 Å². The lowest BCUT2D eigenvalue weighted by atomic mass is 10.2. The van der Waals surface area contributed by atoms with Crippen LogP contribution in [0, 0.1) is 13.8 Å². The van der Waals surface area contributed by atoms with E-state index in [1.54, 1.807) is 19.9 Å². The van der Waals surface area contributed by atoms with Gasteiger partial charge in [-0.05, 0) is 13.3 Å². The minimum atomic E-state index is -4.65. The first-order chi connectivity index (χ1) is 11.3. The highest BCUT2D eigenvalue weighted by atomic mass is 19.4. The summed E-state index contributed by atoms with van der Waals surface area (Å²) >= 11 is 0. The Morgan fingerprint density at radius 2 is 2.00 bits per heavy atom. The molecular formula is C13H14F3N7O. The molecule has 24 heavy (non-hydrogen) atoms. The molecule has 3 aromatic rings. The Morgan fingerprint density at radius 3 is 2.58 bits per heavy atom. The maximum atomic E-state index is 12.8. The van der Waals surface area contributed by atoms with E-state index < -0.39 is 12.0 Å². The number of aryl methyl sites for hydroxylation is 2. The van der Waals surface area contributed by atoms with Crippen LogP contribution >= 0.6 is 0 Å². The van der Waals surface area contributed by atoms with Crippen molar-refractivity contribution < 1.29 is 17.7 Å². The van der Waals surface area contributed by atoms with Gasteiger partial charge in [-0.2, -0.15) is 27.7 Å². The van der Waals surface area contributed by atoms with Crippen molar-refractivity contribution in [2.75, 3.05) is 5.32 Å². The second-order valence-electron chi connectivity index (χ2n) is 5.20. The molecule has 0 aromatic carbocycles. The second kappa shape index (κ2) is 5.73. The van der Waals surface area contributed by atoms with E-state index in [0.29, 0.717) is 29.6 Å². The fourth-order valence-electron chi connectivity index (χ4n) is 2.19. The molecule has 1 N–H and O–H groups in total. The highest BCUT2D eigenvalue weighted by Gasteiger charge is 2.37. The smallest absolute Gasteiger partial charge is 0.360 e. The zero-order valence-electron chi connectivity index (χ0n) is 13.1. The number of halogens is 3. The summed E-state index contributed by atoms with van der Waals surface area (Å²) < 4.78 is 44.5. The van der Waals surface area contributed by atoms with Crippen molar-refractivity contribution in [1.82, 2.24) is 29.7 Å². The number of nitrogens with one attached hydrogen (secondary N) is 1. The molecular weight excluding hydrogens is 327 g/mol. The topological polar surface area (TPSA) is 94.0 Å². The molecule has 0 amide bonds. The third kappa shape index (κ3) is 3.01. The Balaban J connectivity index is 2.03. The monoisotopic (exact) mass is 341 g/mol. The maximum absolute atomic E-state index is 12.8. The number of anilines is 1. The molecule has 0 aliphatic rings. The van der Waals surface area contributed by atoms with E-state index in [-0.39, 0.29) is 11.8 Å². The van der Waals surface area contributed by atoms with Crippen LogP contribution in [0.2, 0.25) is 0 Å². The SMILES string of the molecule is CCC(Nc1cc(C)nc2nc(C(F)(F)F)nn12)c1noc(C)n1. The van der Waals surface area contributed by atoms with Gasteiger partial charge in [0.25, 0.3) is 11.6 Å². The summed E-state index contributed by atoms with van der Waals surface area (Å²) in [4.78, 5) is 11.6. The molecule has 0 radical (unpaired) electrons. The molecule has 8 nitrogen and oxygen atoms in total. The zero-order valence-corrected chi connectivity index (χ0v) is 13.1. The molecule has 1 unspecified atom stereocenters. The number of hydrogen-bond donors (Lipinski definition) is 1. The van der Waals surface area contributed by atoms with Crippen molar-refractivity contribution in [3.8, 4) is 0 Å². The Hall–Kier alpha value is -2.72. The third-order valence-corrected chi connectivity index (χ3v) is 3.28. The largest absolute Gasteiger partial charge is 0.453 e. The van der Waals surface area contributed by atoms with Crippen molar-refractivity contribution in [2.24, 2.45) is 0 Å². The van der Waals surface area contributed by atoms with E-state index >= 15 is 0 Å². The Bertz CT molecular complexity index is 870. The first-order valence-corrected chi connectivity index (χ1v) is 7.16. The first kappa shape index (κ1) is 16.1. The Kier molecular flexibility index (Phi) is 3.85. The molecule has 0 saturated carbocycles. The number of rotatable bonds is 4. The van der Waals surface area contributed by atoms with Crippen LogP contribution in [-0.4, -0.2) is 29.7 Å². The summed E-state index contributed by atoms with van der Waals surface area (Å²) in [5, 5.41) is 10.4. The molecule has 3 aromatic heterocycles. The molecule has 0 spiro atoms. The van der Waals surface area contributed by atoms with Gasteiger partial charge in [-0.1, -0.05) is 12.1 Å². The number of nitrogens with zero attached hydrogens (tertiary/aromatic N) is 6. The minimum absolute atomic E-state index is 0.135. The minimum Gasteiger partial charge on any atom is -0.360 e. The molecule has 3 rings (SSSR count). The lowest BCUT2D eigenvalue weighted by molar-refractivity contribution is -0.144. The molecule has 1 atom stereocenters. The van der Waals surface area contributed by atoms with Gasteiger partial charge in [0.05, 0.1) is 6.04 Å². The van der Waals surface area contributed by atoms with Gasteiger partial charge in [-0.15, -0.1) is 5.10 Å². The molecule has 3 heterocycles. The third-order valence-electron chi connectivity index (χ3n) is 3.28. The van der Waals surface area contributed by atoms with Crippen LogP contribution < -0.4 is 5.32 Å². The number of fused-ring (bicyclic) bond motifs is 1. The van der Waals surface area contributed by atoms with E-state index in [9.17, 15) is 13.2 Å². The van der Waals surface area contributed by atoms with Crippen molar-refractivity contribution in [1.29, 1.82) is 0 Å². The average molecular weight is 341 g/mol. The normalized spacial score (nSPS) is 13.4.